The van der Waals surface area contributed by atoms with Gasteiger partial charge in [0.15, 0.2) is 0 Å². The zero-order valence-electron chi connectivity index (χ0n) is 8.55. The topological polar surface area (TPSA) is 12.5 Å². The quantitative estimate of drug-likeness (QED) is 0.639. The van der Waals surface area contributed by atoms with Crippen molar-refractivity contribution >= 4 is 0 Å². The van der Waals surface area contributed by atoms with Gasteiger partial charge in [-0.05, 0) is 25.3 Å². The van der Waals surface area contributed by atoms with Crippen LogP contribution < -0.4 is 0 Å². The summed E-state index contributed by atoms with van der Waals surface area (Å²) in [5, 5.41) is 0. The number of rotatable bonds is 4. The SMILES string of the molecule is CC[C@@H]1CC(COC)CN1CC. The molecular weight excluding hydrogens is 150 g/mol. The van der Waals surface area contributed by atoms with Gasteiger partial charge in [0, 0.05) is 19.7 Å². The predicted octanol–water partition coefficient (Wildman–Crippen LogP) is 1.75. The van der Waals surface area contributed by atoms with Crippen molar-refractivity contribution in [2.24, 2.45) is 5.92 Å². The summed E-state index contributed by atoms with van der Waals surface area (Å²) >= 11 is 0. The van der Waals surface area contributed by atoms with Crippen LogP contribution in [0.2, 0.25) is 0 Å². The average Bonchev–Trinajstić information content (AvgIpc) is 2.48. The maximum Gasteiger partial charge on any atom is 0.0503 e. The smallest absolute Gasteiger partial charge is 0.0503 e. The van der Waals surface area contributed by atoms with E-state index < -0.39 is 0 Å². The Balaban J connectivity index is 2.36. The van der Waals surface area contributed by atoms with E-state index in [4.69, 9.17) is 4.74 Å². The second-order valence-electron chi connectivity index (χ2n) is 3.71. The fourth-order valence-electron chi connectivity index (χ4n) is 2.26. The third-order valence-electron chi connectivity index (χ3n) is 2.89. The first-order valence-electron chi connectivity index (χ1n) is 5.04. The van der Waals surface area contributed by atoms with Gasteiger partial charge < -0.3 is 9.64 Å². The summed E-state index contributed by atoms with van der Waals surface area (Å²) in [6.07, 6.45) is 2.62. The standard InChI is InChI=1S/C10H21NO/c1-4-10-6-9(8-12-3)7-11(10)5-2/h9-10H,4-8H2,1-3H3/t9?,10-/m1/s1. The van der Waals surface area contributed by atoms with Gasteiger partial charge >= 0.3 is 0 Å². The van der Waals surface area contributed by atoms with E-state index in [1.807, 2.05) is 0 Å². The summed E-state index contributed by atoms with van der Waals surface area (Å²) in [5.74, 6) is 0.778. The Morgan fingerprint density at radius 3 is 2.58 bits per heavy atom. The van der Waals surface area contributed by atoms with Gasteiger partial charge in [-0.3, -0.25) is 0 Å². The molecule has 1 fully saturated rings. The molecule has 0 aromatic rings. The van der Waals surface area contributed by atoms with Crippen LogP contribution in [0.25, 0.3) is 0 Å². The molecular formula is C10H21NO. The lowest BCUT2D eigenvalue weighted by Crippen LogP contribution is -2.28. The lowest BCUT2D eigenvalue weighted by Gasteiger charge is -2.20. The molecule has 0 N–H and O–H groups in total. The summed E-state index contributed by atoms with van der Waals surface area (Å²) in [5.41, 5.74) is 0. The van der Waals surface area contributed by atoms with E-state index >= 15 is 0 Å². The maximum absolute atomic E-state index is 5.18. The number of likely N-dealkylation sites (tertiary alicyclic amines) is 1. The Morgan fingerprint density at radius 1 is 1.42 bits per heavy atom. The Morgan fingerprint density at radius 2 is 2.17 bits per heavy atom. The van der Waals surface area contributed by atoms with Crippen LogP contribution in [0.3, 0.4) is 0 Å². The van der Waals surface area contributed by atoms with Crippen molar-refractivity contribution in [3.05, 3.63) is 0 Å². The average molecular weight is 171 g/mol. The minimum Gasteiger partial charge on any atom is -0.384 e. The lowest BCUT2D eigenvalue weighted by atomic mass is 10.1. The fourth-order valence-corrected chi connectivity index (χ4v) is 2.26. The van der Waals surface area contributed by atoms with Gasteiger partial charge in [0.25, 0.3) is 0 Å². The first-order chi connectivity index (χ1) is 5.81. The zero-order chi connectivity index (χ0) is 8.97. The first kappa shape index (κ1) is 10.0. The molecule has 1 heterocycles. The van der Waals surface area contributed by atoms with Crippen LogP contribution in [0.4, 0.5) is 0 Å². The molecule has 0 spiro atoms. The number of hydrogen-bond acceptors (Lipinski definition) is 2. The Kier molecular flexibility index (Phi) is 4.02. The predicted molar refractivity (Wildman–Crippen MR) is 51.3 cm³/mol. The highest BCUT2D eigenvalue weighted by atomic mass is 16.5. The second kappa shape index (κ2) is 4.83. The van der Waals surface area contributed by atoms with Gasteiger partial charge in [0.1, 0.15) is 0 Å². The van der Waals surface area contributed by atoms with E-state index in [-0.39, 0.29) is 0 Å². The molecule has 0 aliphatic carbocycles. The normalized spacial score (nSPS) is 31.2. The summed E-state index contributed by atoms with van der Waals surface area (Å²) in [6, 6.07) is 0.815. The van der Waals surface area contributed by atoms with Gasteiger partial charge in [0.2, 0.25) is 0 Å². The van der Waals surface area contributed by atoms with E-state index in [1.165, 1.54) is 25.9 Å². The van der Waals surface area contributed by atoms with E-state index in [9.17, 15) is 0 Å². The van der Waals surface area contributed by atoms with Crippen molar-refractivity contribution in [3.8, 4) is 0 Å². The Bertz CT molecular complexity index is 115. The monoisotopic (exact) mass is 171 g/mol. The lowest BCUT2D eigenvalue weighted by molar-refractivity contribution is 0.153. The fraction of sp³-hybridized carbons (Fsp3) is 1.00. The molecule has 2 atom stereocenters. The third kappa shape index (κ3) is 2.20. The molecule has 0 aromatic heterocycles. The summed E-state index contributed by atoms with van der Waals surface area (Å²) in [4.78, 5) is 2.57. The molecule has 1 saturated heterocycles. The van der Waals surface area contributed by atoms with Crippen molar-refractivity contribution in [2.45, 2.75) is 32.7 Å². The van der Waals surface area contributed by atoms with E-state index in [0.29, 0.717) is 0 Å². The summed E-state index contributed by atoms with van der Waals surface area (Å²) < 4.78 is 5.18. The number of methoxy groups -OCH3 is 1. The molecule has 72 valence electrons. The van der Waals surface area contributed by atoms with Crippen LogP contribution >= 0.6 is 0 Å². The van der Waals surface area contributed by atoms with Crippen molar-refractivity contribution in [1.29, 1.82) is 0 Å². The highest BCUT2D eigenvalue weighted by Crippen LogP contribution is 2.24. The number of hydrogen-bond donors (Lipinski definition) is 0. The zero-order valence-corrected chi connectivity index (χ0v) is 8.55. The van der Waals surface area contributed by atoms with Crippen LogP contribution in [-0.4, -0.2) is 37.7 Å². The minimum absolute atomic E-state index is 0.778. The van der Waals surface area contributed by atoms with Gasteiger partial charge in [-0.2, -0.15) is 0 Å². The van der Waals surface area contributed by atoms with E-state index in [1.54, 1.807) is 7.11 Å². The molecule has 1 rings (SSSR count). The molecule has 0 saturated carbocycles. The molecule has 1 aliphatic heterocycles. The summed E-state index contributed by atoms with van der Waals surface area (Å²) in [6.45, 7) is 7.90. The van der Waals surface area contributed by atoms with Crippen molar-refractivity contribution in [2.75, 3.05) is 26.8 Å². The molecule has 0 bridgehead atoms. The van der Waals surface area contributed by atoms with Gasteiger partial charge in [-0.25, -0.2) is 0 Å². The number of nitrogens with zero attached hydrogens (tertiary/aromatic N) is 1. The molecule has 2 nitrogen and oxygen atoms in total. The molecule has 1 aliphatic rings. The maximum atomic E-state index is 5.18. The molecule has 1 unspecified atom stereocenters. The third-order valence-corrected chi connectivity index (χ3v) is 2.89. The second-order valence-corrected chi connectivity index (χ2v) is 3.71. The van der Waals surface area contributed by atoms with Crippen LogP contribution in [0.1, 0.15) is 26.7 Å². The van der Waals surface area contributed by atoms with Crippen LogP contribution in [0, 0.1) is 5.92 Å². The Hall–Kier alpha value is -0.0800. The van der Waals surface area contributed by atoms with Gasteiger partial charge in [0.05, 0.1) is 6.61 Å². The van der Waals surface area contributed by atoms with Crippen LogP contribution in [0.15, 0.2) is 0 Å². The Labute approximate surface area is 75.9 Å². The largest absolute Gasteiger partial charge is 0.384 e. The van der Waals surface area contributed by atoms with E-state index in [0.717, 1.165) is 18.6 Å². The van der Waals surface area contributed by atoms with Gasteiger partial charge in [-0.15, -0.1) is 0 Å². The molecule has 0 aromatic carbocycles. The number of ether oxygens (including phenoxy) is 1. The highest BCUT2D eigenvalue weighted by molar-refractivity contribution is 4.83. The molecule has 0 amide bonds. The van der Waals surface area contributed by atoms with E-state index in [2.05, 4.69) is 18.7 Å². The molecule has 0 radical (unpaired) electrons. The summed E-state index contributed by atoms with van der Waals surface area (Å²) in [7, 11) is 1.80. The van der Waals surface area contributed by atoms with Crippen molar-refractivity contribution < 1.29 is 4.74 Å². The van der Waals surface area contributed by atoms with Crippen LogP contribution in [0.5, 0.6) is 0 Å². The van der Waals surface area contributed by atoms with Crippen molar-refractivity contribution in [1.82, 2.24) is 4.90 Å². The molecule has 2 heteroatoms. The highest BCUT2D eigenvalue weighted by Gasteiger charge is 2.29. The molecule has 12 heavy (non-hydrogen) atoms. The minimum atomic E-state index is 0.778. The first-order valence-corrected chi connectivity index (χ1v) is 5.04. The van der Waals surface area contributed by atoms with Crippen molar-refractivity contribution in [3.63, 3.8) is 0 Å². The van der Waals surface area contributed by atoms with Gasteiger partial charge in [-0.1, -0.05) is 13.8 Å². The van der Waals surface area contributed by atoms with Crippen LogP contribution in [-0.2, 0) is 4.74 Å².